The van der Waals surface area contributed by atoms with Crippen LogP contribution in [0.2, 0.25) is 5.02 Å². The van der Waals surface area contributed by atoms with Gasteiger partial charge in [-0.25, -0.2) is 0 Å². The van der Waals surface area contributed by atoms with Crippen molar-refractivity contribution >= 4 is 28.2 Å². The molecule has 1 saturated heterocycles. The molecular formula is C16H19ClN2O2. The molecule has 0 atom stereocenters. The highest BCUT2D eigenvalue weighted by molar-refractivity contribution is 6.31. The van der Waals surface area contributed by atoms with Crippen molar-refractivity contribution in [3.8, 4) is 0 Å². The molecule has 0 amide bonds. The van der Waals surface area contributed by atoms with Crippen molar-refractivity contribution in [1.82, 2.24) is 4.98 Å². The predicted molar refractivity (Wildman–Crippen MR) is 85.0 cm³/mol. The maximum absolute atomic E-state index is 6.10. The number of halogens is 1. The van der Waals surface area contributed by atoms with E-state index in [9.17, 15) is 0 Å². The van der Waals surface area contributed by atoms with E-state index in [1.54, 1.807) is 7.11 Å². The van der Waals surface area contributed by atoms with Crippen LogP contribution in [0.25, 0.3) is 10.9 Å². The first kappa shape index (κ1) is 14.6. The Bertz CT molecular complexity index is 627. The summed E-state index contributed by atoms with van der Waals surface area (Å²) in [5, 5.41) is 5.24. The van der Waals surface area contributed by atoms with E-state index in [2.05, 4.69) is 10.3 Å². The molecule has 0 radical (unpaired) electrons. The average molecular weight is 307 g/mol. The van der Waals surface area contributed by atoms with E-state index >= 15 is 0 Å². The van der Waals surface area contributed by atoms with Crippen LogP contribution >= 0.6 is 11.6 Å². The first-order valence-corrected chi connectivity index (χ1v) is 7.51. The zero-order valence-electron chi connectivity index (χ0n) is 12.1. The molecule has 5 heteroatoms. The van der Waals surface area contributed by atoms with Gasteiger partial charge in [-0.15, -0.1) is 0 Å². The molecule has 0 saturated carbocycles. The van der Waals surface area contributed by atoms with E-state index in [1.165, 1.54) is 0 Å². The van der Waals surface area contributed by atoms with Gasteiger partial charge in [0, 0.05) is 62.0 Å². The number of rotatable bonds is 4. The van der Waals surface area contributed by atoms with Gasteiger partial charge in [0.25, 0.3) is 0 Å². The normalized spacial score (nSPS) is 17.8. The van der Waals surface area contributed by atoms with Gasteiger partial charge in [0.15, 0.2) is 0 Å². The number of methoxy groups -OCH3 is 1. The number of hydrogen-bond donors (Lipinski definition) is 1. The first-order chi connectivity index (χ1) is 10.2. The number of nitrogens with zero attached hydrogens (tertiary/aromatic N) is 1. The van der Waals surface area contributed by atoms with Crippen LogP contribution in [0.4, 0.5) is 5.69 Å². The minimum Gasteiger partial charge on any atom is -0.382 e. The summed E-state index contributed by atoms with van der Waals surface area (Å²) in [4.78, 5) is 4.37. The standard InChI is InChI=1S/C16H19ClN2O2/c1-20-16(5-8-21-9-6-16)11-19-15-4-7-18-14-3-2-12(17)10-13(14)15/h2-4,7,10H,5-6,8-9,11H2,1H3,(H,18,19). The lowest BCUT2D eigenvalue weighted by molar-refractivity contribution is -0.0807. The van der Waals surface area contributed by atoms with Gasteiger partial charge in [-0.2, -0.15) is 0 Å². The van der Waals surface area contributed by atoms with Crippen molar-refractivity contribution in [1.29, 1.82) is 0 Å². The molecule has 1 N–H and O–H groups in total. The van der Waals surface area contributed by atoms with Crippen LogP contribution in [0.3, 0.4) is 0 Å². The fraction of sp³-hybridized carbons (Fsp3) is 0.438. The van der Waals surface area contributed by atoms with E-state index in [-0.39, 0.29) is 5.60 Å². The van der Waals surface area contributed by atoms with Crippen molar-refractivity contribution in [2.75, 3.05) is 32.2 Å². The Morgan fingerprint density at radius 2 is 2.14 bits per heavy atom. The molecule has 0 unspecified atom stereocenters. The zero-order valence-corrected chi connectivity index (χ0v) is 12.8. The maximum atomic E-state index is 6.10. The van der Waals surface area contributed by atoms with Crippen molar-refractivity contribution in [3.63, 3.8) is 0 Å². The summed E-state index contributed by atoms with van der Waals surface area (Å²) in [7, 11) is 1.77. The minimum absolute atomic E-state index is 0.160. The van der Waals surface area contributed by atoms with Gasteiger partial charge >= 0.3 is 0 Å². The smallest absolute Gasteiger partial charge is 0.0893 e. The lowest BCUT2D eigenvalue weighted by atomic mass is 9.94. The van der Waals surface area contributed by atoms with Crippen LogP contribution in [0, 0.1) is 0 Å². The molecule has 0 aliphatic carbocycles. The van der Waals surface area contributed by atoms with Gasteiger partial charge in [-0.1, -0.05) is 11.6 Å². The van der Waals surface area contributed by atoms with Gasteiger partial charge in [0.1, 0.15) is 0 Å². The predicted octanol–water partition coefficient (Wildman–Crippen LogP) is 3.50. The molecule has 1 fully saturated rings. The number of pyridine rings is 1. The van der Waals surface area contributed by atoms with Crippen LogP contribution in [0.15, 0.2) is 30.5 Å². The minimum atomic E-state index is -0.160. The van der Waals surface area contributed by atoms with Crippen molar-refractivity contribution in [2.24, 2.45) is 0 Å². The van der Waals surface area contributed by atoms with Crippen LogP contribution < -0.4 is 5.32 Å². The van der Waals surface area contributed by atoms with Crippen LogP contribution in [-0.2, 0) is 9.47 Å². The SMILES string of the molecule is COC1(CNc2ccnc3ccc(Cl)cc23)CCOCC1. The Kier molecular flexibility index (Phi) is 4.29. The largest absolute Gasteiger partial charge is 0.382 e. The lowest BCUT2D eigenvalue weighted by Gasteiger charge is -2.36. The molecule has 1 aliphatic rings. The van der Waals surface area contributed by atoms with Crippen molar-refractivity contribution < 1.29 is 9.47 Å². The van der Waals surface area contributed by atoms with Gasteiger partial charge in [0.2, 0.25) is 0 Å². The van der Waals surface area contributed by atoms with Crippen LogP contribution in [-0.4, -0.2) is 37.5 Å². The second kappa shape index (κ2) is 6.18. The third kappa shape index (κ3) is 3.12. The molecule has 2 aromatic rings. The third-order valence-corrected chi connectivity index (χ3v) is 4.38. The third-order valence-electron chi connectivity index (χ3n) is 4.14. The monoisotopic (exact) mass is 306 g/mol. The molecule has 21 heavy (non-hydrogen) atoms. The fourth-order valence-corrected chi connectivity index (χ4v) is 2.90. The van der Waals surface area contributed by atoms with E-state index in [0.717, 1.165) is 49.2 Å². The summed E-state index contributed by atoms with van der Waals surface area (Å²) in [5.41, 5.74) is 1.81. The second-order valence-corrected chi connectivity index (χ2v) is 5.81. The first-order valence-electron chi connectivity index (χ1n) is 7.13. The zero-order chi connectivity index (χ0) is 14.7. The molecule has 112 valence electrons. The topological polar surface area (TPSA) is 43.4 Å². The molecule has 3 rings (SSSR count). The summed E-state index contributed by atoms with van der Waals surface area (Å²) in [6.45, 7) is 2.25. The quantitative estimate of drug-likeness (QED) is 0.939. The summed E-state index contributed by atoms with van der Waals surface area (Å²) < 4.78 is 11.2. The molecule has 1 aliphatic heterocycles. The van der Waals surface area contributed by atoms with Crippen LogP contribution in [0.1, 0.15) is 12.8 Å². The number of aromatic nitrogens is 1. The Balaban J connectivity index is 1.83. The Morgan fingerprint density at radius 3 is 2.90 bits per heavy atom. The number of anilines is 1. The molecule has 1 aromatic heterocycles. The molecular weight excluding hydrogens is 288 g/mol. The van der Waals surface area contributed by atoms with Gasteiger partial charge in [0.05, 0.1) is 11.1 Å². The van der Waals surface area contributed by atoms with Crippen LogP contribution in [0.5, 0.6) is 0 Å². The van der Waals surface area contributed by atoms with Gasteiger partial charge < -0.3 is 14.8 Å². The molecule has 4 nitrogen and oxygen atoms in total. The summed E-state index contributed by atoms with van der Waals surface area (Å²) in [6, 6.07) is 7.70. The molecule has 2 heterocycles. The molecule has 0 bridgehead atoms. The summed E-state index contributed by atoms with van der Waals surface area (Å²) >= 11 is 6.10. The Labute approximate surface area is 129 Å². The highest BCUT2D eigenvalue weighted by Gasteiger charge is 2.32. The van der Waals surface area contributed by atoms with E-state index in [1.807, 2.05) is 30.5 Å². The van der Waals surface area contributed by atoms with Crippen molar-refractivity contribution in [2.45, 2.75) is 18.4 Å². The van der Waals surface area contributed by atoms with Crippen molar-refractivity contribution in [3.05, 3.63) is 35.5 Å². The fourth-order valence-electron chi connectivity index (χ4n) is 2.73. The number of fused-ring (bicyclic) bond motifs is 1. The Morgan fingerprint density at radius 1 is 1.33 bits per heavy atom. The van der Waals surface area contributed by atoms with E-state index in [0.29, 0.717) is 5.02 Å². The number of benzene rings is 1. The van der Waals surface area contributed by atoms with E-state index < -0.39 is 0 Å². The Hall–Kier alpha value is -1.36. The number of nitrogens with one attached hydrogen (secondary N) is 1. The number of ether oxygens (including phenoxy) is 2. The highest BCUT2D eigenvalue weighted by atomic mass is 35.5. The molecule has 1 aromatic carbocycles. The lowest BCUT2D eigenvalue weighted by Crippen LogP contribution is -2.44. The van der Waals surface area contributed by atoms with Gasteiger partial charge in [-0.05, 0) is 24.3 Å². The summed E-state index contributed by atoms with van der Waals surface area (Å²) in [6.07, 6.45) is 3.61. The second-order valence-electron chi connectivity index (χ2n) is 5.37. The number of hydrogen-bond acceptors (Lipinski definition) is 4. The molecule has 0 spiro atoms. The maximum Gasteiger partial charge on any atom is 0.0893 e. The van der Waals surface area contributed by atoms with E-state index in [4.69, 9.17) is 21.1 Å². The average Bonchev–Trinajstić information content (AvgIpc) is 2.54. The summed E-state index contributed by atoms with van der Waals surface area (Å²) in [5.74, 6) is 0. The van der Waals surface area contributed by atoms with Gasteiger partial charge in [-0.3, -0.25) is 4.98 Å². The highest BCUT2D eigenvalue weighted by Crippen LogP contribution is 2.28.